The van der Waals surface area contributed by atoms with E-state index < -0.39 is 24.0 Å². The summed E-state index contributed by atoms with van der Waals surface area (Å²) in [6.07, 6.45) is 5.33. The van der Waals surface area contributed by atoms with Gasteiger partial charge < -0.3 is 20.8 Å². The van der Waals surface area contributed by atoms with Gasteiger partial charge in [0.05, 0.1) is 0 Å². The minimum absolute atomic E-state index is 0.123. The minimum atomic E-state index is -1.22. The van der Waals surface area contributed by atoms with Crippen LogP contribution in [0, 0.1) is 5.92 Å². The van der Waals surface area contributed by atoms with Crippen LogP contribution in [-0.2, 0) is 9.59 Å². The number of urea groups is 1. The van der Waals surface area contributed by atoms with Crippen LogP contribution in [0.15, 0.2) is 0 Å². The van der Waals surface area contributed by atoms with Crippen LogP contribution in [0.5, 0.6) is 0 Å². The van der Waals surface area contributed by atoms with E-state index in [2.05, 4.69) is 10.6 Å². The van der Waals surface area contributed by atoms with Gasteiger partial charge in [-0.15, -0.1) is 0 Å². The summed E-state index contributed by atoms with van der Waals surface area (Å²) in [7, 11) is 0. The van der Waals surface area contributed by atoms with Crippen molar-refractivity contribution in [3.63, 3.8) is 0 Å². The van der Waals surface area contributed by atoms with Gasteiger partial charge in [-0.1, -0.05) is 19.3 Å². The quantitative estimate of drug-likeness (QED) is 0.561. The van der Waals surface area contributed by atoms with Crippen LogP contribution >= 0.6 is 0 Å². The van der Waals surface area contributed by atoms with E-state index in [0.717, 1.165) is 12.8 Å². The Morgan fingerprint density at radius 3 is 2.30 bits per heavy atom. The molecule has 1 aliphatic rings. The SMILES string of the molecule is O=C(O)CCC(NC(=O)NCC1CCCCC1)C(=O)O. The summed E-state index contributed by atoms with van der Waals surface area (Å²) in [5.74, 6) is -1.85. The number of amides is 2. The molecule has 4 N–H and O–H groups in total. The highest BCUT2D eigenvalue weighted by Gasteiger charge is 2.21. The van der Waals surface area contributed by atoms with E-state index in [1.807, 2.05) is 0 Å². The number of nitrogens with one attached hydrogen (secondary N) is 2. The number of hydrogen-bond acceptors (Lipinski definition) is 3. The first-order valence-electron chi connectivity index (χ1n) is 6.98. The highest BCUT2D eigenvalue weighted by Crippen LogP contribution is 2.22. The van der Waals surface area contributed by atoms with Crippen molar-refractivity contribution >= 4 is 18.0 Å². The molecular weight excluding hydrogens is 264 g/mol. The summed E-state index contributed by atoms with van der Waals surface area (Å²) in [5.41, 5.74) is 0. The summed E-state index contributed by atoms with van der Waals surface area (Å²) >= 11 is 0. The van der Waals surface area contributed by atoms with Gasteiger partial charge in [-0.2, -0.15) is 0 Å². The number of hydrogen-bond donors (Lipinski definition) is 4. The Bertz CT molecular complexity index is 353. The summed E-state index contributed by atoms with van der Waals surface area (Å²) in [6.45, 7) is 0.539. The maximum Gasteiger partial charge on any atom is 0.326 e. The molecule has 0 aromatic carbocycles. The lowest BCUT2D eigenvalue weighted by Crippen LogP contribution is -2.47. The predicted molar refractivity (Wildman–Crippen MR) is 71.4 cm³/mol. The molecular formula is C13H22N2O5. The first-order valence-corrected chi connectivity index (χ1v) is 6.98. The third-order valence-electron chi connectivity index (χ3n) is 3.53. The van der Waals surface area contributed by atoms with E-state index in [0.29, 0.717) is 12.5 Å². The van der Waals surface area contributed by atoms with Crippen molar-refractivity contribution < 1.29 is 24.6 Å². The topological polar surface area (TPSA) is 116 Å². The normalized spacial score (nSPS) is 17.2. The van der Waals surface area contributed by atoms with E-state index in [1.165, 1.54) is 19.3 Å². The lowest BCUT2D eigenvalue weighted by molar-refractivity contribution is -0.140. The van der Waals surface area contributed by atoms with Gasteiger partial charge in [-0.05, 0) is 25.2 Å². The van der Waals surface area contributed by atoms with Crippen molar-refractivity contribution in [1.82, 2.24) is 10.6 Å². The molecule has 0 aromatic rings. The van der Waals surface area contributed by atoms with Crippen molar-refractivity contribution in [2.45, 2.75) is 51.0 Å². The molecule has 1 fully saturated rings. The van der Waals surface area contributed by atoms with Gasteiger partial charge >= 0.3 is 18.0 Å². The maximum atomic E-state index is 11.6. The van der Waals surface area contributed by atoms with Gasteiger partial charge in [-0.25, -0.2) is 9.59 Å². The van der Waals surface area contributed by atoms with Crippen molar-refractivity contribution in [2.75, 3.05) is 6.54 Å². The number of carbonyl (C=O) groups excluding carboxylic acids is 1. The molecule has 0 bridgehead atoms. The lowest BCUT2D eigenvalue weighted by atomic mass is 9.89. The van der Waals surface area contributed by atoms with Crippen molar-refractivity contribution in [3.8, 4) is 0 Å². The molecule has 7 nitrogen and oxygen atoms in total. The number of rotatable bonds is 7. The number of aliphatic carboxylic acids is 2. The predicted octanol–water partition coefficient (Wildman–Crippen LogP) is 1.18. The standard InChI is InChI=1S/C13H22N2O5/c16-11(17)7-6-10(12(18)19)15-13(20)14-8-9-4-2-1-3-5-9/h9-10H,1-8H2,(H,16,17)(H,18,19)(H2,14,15,20). The maximum absolute atomic E-state index is 11.6. The Morgan fingerprint density at radius 1 is 1.10 bits per heavy atom. The van der Waals surface area contributed by atoms with Crippen molar-refractivity contribution in [2.24, 2.45) is 5.92 Å². The van der Waals surface area contributed by atoms with Crippen LogP contribution in [0.3, 0.4) is 0 Å². The van der Waals surface area contributed by atoms with Gasteiger partial charge in [-0.3, -0.25) is 4.79 Å². The molecule has 0 heterocycles. The smallest absolute Gasteiger partial charge is 0.326 e. The second kappa shape index (κ2) is 8.39. The zero-order valence-corrected chi connectivity index (χ0v) is 11.4. The first-order chi connectivity index (χ1) is 9.49. The molecule has 2 amide bonds. The summed E-state index contributed by atoms with van der Waals surface area (Å²) in [5, 5.41) is 22.4. The summed E-state index contributed by atoms with van der Waals surface area (Å²) in [4.78, 5) is 33.0. The van der Waals surface area contributed by atoms with E-state index in [-0.39, 0.29) is 12.8 Å². The zero-order valence-electron chi connectivity index (χ0n) is 11.4. The lowest BCUT2D eigenvalue weighted by Gasteiger charge is -2.22. The molecule has 1 atom stereocenters. The largest absolute Gasteiger partial charge is 0.481 e. The number of carboxylic acid groups (broad SMARTS) is 2. The van der Waals surface area contributed by atoms with Crippen LogP contribution in [0.1, 0.15) is 44.9 Å². The Labute approximate surface area is 117 Å². The average molecular weight is 286 g/mol. The Kier molecular flexibility index (Phi) is 6.83. The van der Waals surface area contributed by atoms with E-state index in [1.54, 1.807) is 0 Å². The minimum Gasteiger partial charge on any atom is -0.481 e. The van der Waals surface area contributed by atoms with E-state index in [4.69, 9.17) is 10.2 Å². The highest BCUT2D eigenvalue weighted by atomic mass is 16.4. The molecule has 7 heteroatoms. The number of carboxylic acids is 2. The highest BCUT2D eigenvalue weighted by molar-refractivity contribution is 5.82. The molecule has 20 heavy (non-hydrogen) atoms. The van der Waals surface area contributed by atoms with Gasteiger partial charge in [0, 0.05) is 13.0 Å². The summed E-state index contributed by atoms with van der Waals surface area (Å²) in [6, 6.07) is -1.72. The molecule has 1 unspecified atom stereocenters. The van der Waals surface area contributed by atoms with Crippen molar-refractivity contribution in [3.05, 3.63) is 0 Å². The zero-order chi connectivity index (χ0) is 15.0. The molecule has 1 saturated carbocycles. The fraction of sp³-hybridized carbons (Fsp3) is 0.769. The third kappa shape index (κ3) is 6.40. The van der Waals surface area contributed by atoms with E-state index in [9.17, 15) is 14.4 Å². The second-order valence-corrected chi connectivity index (χ2v) is 5.18. The second-order valence-electron chi connectivity index (χ2n) is 5.18. The van der Waals surface area contributed by atoms with Crippen LogP contribution < -0.4 is 10.6 Å². The van der Waals surface area contributed by atoms with Crippen LogP contribution in [0.4, 0.5) is 4.79 Å². The van der Waals surface area contributed by atoms with Crippen LogP contribution in [-0.4, -0.2) is 40.8 Å². The van der Waals surface area contributed by atoms with Crippen molar-refractivity contribution in [1.29, 1.82) is 0 Å². The molecule has 1 rings (SSSR count). The molecule has 0 spiro atoms. The molecule has 1 aliphatic carbocycles. The third-order valence-corrected chi connectivity index (χ3v) is 3.53. The first kappa shape index (κ1) is 16.3. The molecule has 0 aliphatic heterocycles. The van der Waals surface area contributed by atoms with E-state index >= 15 is 0 Å². The van der Waals surface area contributed by atoms with Crippen LogP contribution in [0.25, 0.3) is 0 Å². The van der Waals surface area contributed by atoms with Gasteiger partial charge in [0.15, 0.2) is 0 Å². The Morgan fingerprint density at radius 2 is 1.75 bits per heavy atom. The van der Waals surface area contributed by atoms with Gasteiger partial charge in [0.1, 0.15) is 6.04 Å². The summed E-state index contributed by atoms with van der Waals surface area (Å²) < 4.78 is 0. The molecule has 114 valence electrons. The fourth-order valence-electron chi connectivity index (χ4n) is 2.36. The van der Waals surface area contributed by atoms with Crippen LogP contribution in [0.2, 0.25) is 0 Å². The monoisotopic (exact) mass is 286 g/mol. The molecule has 0 saturated heterocycles. The molecule has 0 aromatic heterocycles. The van der Waals surface area contributed by atoms with Gasteiger partial charge in [0.25, 0.3) is 0 Å². The Balaban J connectivity index is 2.29. The fourth-order valence-corrected chi connectivity index (χ4v) is 2.36. The molecule has 0 radical (unpaired) electrons. The Hall–Kier alpha value is -1.79. The average Bonchev–Trinajstić information content (AvgIpc) is 2.41. The number of carbonyl (C=O) groups is 3. The van der Waals surface area contributed by atoms with Gasteiger partial charge in [0.2, 0.25) is 0 Å².